The molecule has 2 atom stereocenters. The molecule has 0 aliphatic carbocycles. The van der Waals surface area contributed by atoms with Crippen molar-refractivity contribution < 1.29 is 4.39 Å². The Morgan fingerprint density at radius 2 is 2.07 bits per heavy atom. The summed E-state index contributed by atoms with van der Waals surface area (Å²) in [6, 6.07) is 4.99. The Hall–Kier alpha value is -0.0800. The van der Waals surface area contributed by atoms with Gasteiger partial charge in [-0.15, -0.1) is 11.6 Å². The molecule has 3 heteroatoms. The van der Waals surface area contributed by atoms with Crippen molar-refractivity contribution in [1.29, 1.82) is 0 Å². The molecule has 0 amide bonds. The maximum absolute atomic E-state index is 13.1. The van der Waals surface area contributed by atoms with Gasteiger partial charge < -0.3 is 0 Å². The van der Waals surface area contributed by atoms with Crippen LogP contribution >= 0.6 is 27.5 Å². The first kappa shape index (κ1) is 13.0. The van der Waals surface area contributed by atoms with E-state index in [1.807, 2.05) is 13.0 Å². The van der Waals surface area contributed by atoms with Crippen molar-refractivity contribution in [3.8, 4) is 0 Å². The lowest BCUT2D eigenvalue weighted by molar-refractivity contribution is 0.495. The molecule has 0 nitrogen and oxygen atoms in total. The number of alkyl halides is 1. The minimum atomic E-state index is -0.198. The van der Waals surface area contributed by atoms with Crippen molar-refractivity contribution in [1.82, 2.24) is 0 Å². The fraction of sp³-hybridized carbons (Fsp3) is 0.500. The van der Waals surface area contributed by atoms with Crippen molar-refractivity contribution in [2.75, 3.05) is 0 Å². The third-order valence-corrected chi connectivity index (χ3v) is 3.41. The SMILES string of the molecule is CCC(Cc1cc(F)cc(Br)c1)C(C)Cl. The molecule has 1 aromatic carbocycles. The van der Waals surface area contributed by atoms with E-state index >= 15 is 0 Å². The van der Waals surface area contributed by atoms with E-state index in [2.05, 4.69) is 22.9 Å². The number of hydrogen-bond donors (Lipinski definition) is 0. The van der Waals surface area contributed by atoms with Gasteiger partial charge in [0, 0.05) is 9.85 Å². The third-order valence-electron chi connectivity index (χ3n) is 2.59. The van der Waals surface area contributed by atoms with Crippen molar-refractivity contribution >= 4 is 27.5 Å². The van der Waals surface area contributed by atoms with Gasteiger partial charge in [-0.25, -0.2) is 4.39 Å². The van der Waals surface area contributed by atoms with Crippen LogP contribution in [-0.4, -0.2) is 5.38 Å². The van der Waals surface area contributed by atoms with Gasteiger partial charge in [0.05, 0.1) is 0 Å². The van der Waals surface area contributed by atoms with E-state index in [1.54, 1.807) is 6.07 Å². The van der Waals surface area contributed by atoms with Gasteiger partial charge in [0.1, 0.15) is 5.82 Å². The van der Waals surface area contributed by atoms with Crippen LogP contribution in [0, 0.1) is 11.7 Å². The maximum atomic E-state index is 13.1. The van der Waals surface area contributed by atoms with E-state index < -0.39 is 0 Å². The average Bonchev–Trinajstić information content (AvgIpc) is 2.12. The number of hydrogen-bond acceptors (Lipinski definition) is 0. The lowest BCUT2D eigenvalue weighted by atomic mass is 9.94. The van der Waals surface area contributed by atoms with E-state index in [9.17, 15) is 4.39 Å². The van der Waals surface area contributed by atoms with Crippen molar-refractivity contribution in [3.63, 3.8) is 0 Å². The van der Waals surface area contributed by atoms with E-state index in [4.69, 9.17) is 11.6 Å². The minimum absolute atomic E-state index is 0.122. The van der Waals surface area contributed by atoms with E-state index in [0.717, 1.165) is 22.9 Å². The molecule has 0 fully saturated rings. The largest absolute Gasteiger partial charge is 0.207 e. The average molecular weight is 294 g/mol. The Morgan fingerprint density at radius 3 is 2.53 bits per heavy atom. The lowest BCUT2D eigenvalue weighted by Gasteiger charge is -2.17. The smallest absolute Gasteiger partial charge is 0.124 e. The van der Waals surface area contributed by atoms with Crippen LogP contribution in [-0.2, 0) is 6.42 Å². The summed E-state index contributed by atoms with van der Waals surface area (Å²) in [5, 5.41) is 0.122. The molecule has 0 heterocycles. The number of benzene rings is 1. The summed E-state index contributed by atoms with van der Waals surface area (Å²) in [6.07, 6.45) is 1.84. The second-order valence-electron chi connectivity index (χ2n) is 3.83. The molecule has 84 valence electrons. The van der Waals surface area contributed by atoms with Gasteiger partial charge in [0.25, 0.3) is 0 Å². The molecule has 0 saturated carbocycles. The Labute approximate surface area is 104 Å². The van der Waals surface area contributed by atoms with Crippen LogP contribution in [0.5, 0.6) is 0 Å². The predicted octanol–water partition coefficient (Wildman–Crippen LogP) is 4.78. The van der Waals surface area contributed by atoms with Crippen molar-refractivity contribution in [2.24, 2.45) is 5.92 Å². The summed E-state index contributed by atoms with van der Waals surface area (Å²) in [6.45, 7) is 4.10. The van der Waals surface area contributed by atoms with Crippen LogP contribution in [0.25, 0.3) is 0 Å². The quantitative estimate of drug-likeness (QED) is 0.701. The predicted molar refractivity (Wildman–Crippen MR) is 66.9 cm³/mol. The first-order chi connectivity index (χ1) is 7.02. The minimum Gasteiger partial charge on any atom is -0.207 e. The van der Waals surface area contributed by atoms with Gasteiger partial charge >= 0.3 is 0 Å². The molecule has 0 radical (unpaired) electrons. The van der Waals surface area contributed by atoms with E-state index in [1.165, 1.54) is 6.07 Å². The highest BCUT2D eigenvalue weighted by Gasteiger charge is 2.14. The molecule has 1 aromatic rings. The van der Waals surface area contributed by atoms with E-state index in [-0.39, 0.29) is 11.2 Å². The molecule has 2 unspecified atom stereocenters. The summed E-state index contributed by atoms with van der Waals surface area (Å²) in [7, 11) is 0. The van der Waals surface area contributed by atoms with Crippen LogP contribution in [0.1, 0.15) is 25.8 Å². The van der Waals surface area contributed by atoms with Gasteiger partial charge in [-0.2, -0.15) is 0 Å². The molecule has 0 saturated heterocycles. The molecule has 0 aliphatic rings. The normalized spacial score (nSPS) is 15.0. The lowest BCUT2D eigenvalue weighted by Crippen LogP contribution is -2.13. The Bertz CT molecular complexity index is 305. The molecule has 0 aliphatic heterocycles. The topological polar surface area (TPSA) is 0 Å². The standard InChI is InChI=1S/C12H15BrClF/c1-3-10(8(2)14)4-9-5-11(13)7-12(15)6-9/h5-8,10H,3-4H2,1-2H3. The highest BCUT2D eigenvalue weighted by molar-refractivity contribution is 9.10. The summed E-state index contributed by atoms with van der Waals surface area (Å²) in [5.74, 6) is 0.205. The highest BCUT2D eigenvalue weighted by atomic mass is 79.9. The van der Waals surface area contributed by atoms with Crippen LogP contribution in [0.4, 0.5) is 4.39 Å². The molecule has 0 aromatic heterocycles. The van der Waals surface area contributed by atoms with E-state index in [0.29, 0.717) is 5.92 Å². The maximum Gasteiger partial charge on any atom is 0.124 e. The first-order valence-corrected chi connectivity index (χ1v) is 6.35. The highest BCUT2D eigenvalue weighted by Crippen LogP contribution is 2.22. The fourth-order valence-electron chi connectivity index (χ4n) is 1.66. The molecule has 0 bridgehead atoms. The van der Waals surface area contributed by atoms with Crippen LogP contribution in [0.15, 0.2) is 22.7 Å². The van der Waals surface area contributed by atoms with Crippen molar-refractivity contribution in [3.05, 3.63) is 34.1 Å². The zero-order valence-electron chi connectivity index (χ0n) is 8.93. The molecule has 0 N–H and O–H groups in total. The second-order valence-corrected chi connectivity index (χ2v) is 5.43. The van der Waals surface area contributed by atoms with Crippen molar-refractivity contribution in [2.45, 2.75) is 32.1 Å². The number of halogens is 3. The number of rotatable bonds is 4. The Kier molecular flexibility index (Phi) is 5.07. The van der Waals surface area contributed by atoms with Crippen LogP contribution in [0.3, 0.4) is 0 Å². The summed E-state index contributed by atoms with van der Waals surface area (Å²) in [5.41, 5.74) is 1.00. The van der Waals surface area contributed by atoms with Crippen LogP contribution < -0.4 is 0 Å². The van der Waals surface area contributed by atoms with Gasteiger partial charge in [-0.3, -0.25) is 0 Å². The van der Waals surface area contributed by atoms with Gasteiger partial charge in [-0.1, -0.05) is 29.3 Å². The summed E-state index contributed by atoms with van der Waals surface area (Å²) >= 11 is 9.36. The van der Waals surface area contributed by atoms with Crippen LogP contribution in [0.2, 0.25) is 0 Å². The first-order valence-electron chi connectivity index (χ1n) is 5.12. The molecular weight excluding hydrogens is 278 g/mol. The molecule has 1 rings (SSSR count). The van der Waals surface area contributed by atoms with Gasteiger partial charge in [-0.05, 0) is 43.0 Å². The summed E-state index contributed by atoms with van der Waals surface area (Å²) in [4.78, 5) is 0. The summed E-state index contributed by atoms with van der Waals surface area (Å²) < 4.78 is 13.9. The van der Waals surface area contributed by atoms with Gasteiger partial charge in [0.2, 0.25) is 0 Å². The molecular formula is C12H15BrClF. The fourth-order valence-corrected chi connectivity index (χ4v) is 2.44. The molecule has 15 heavy (non-hydrogen) atoms. The van der Waals surface area contributed by atoms with Gasteiger partial charge in [0.15, 0.2) is 0 Å². The monoisotopic (exact) mass is 292 g/mol. The Morgan fingerprint density at radius 1 is 1.40 bits per heavy atom. The second kappa shape index (κ2) is 5.86. The molecule has 0 spiro atoms. The third kappa shape index (κ3) is 4.12. The zero-order chi connectivity index (χ0) is 11.4. The zero-order valence-corrected chi connectivity index (χ0v) is 11.3. The Balaban J connectivity index is 2.79.